The molecule has 0 unspecified atom stereocenters. The first-order valence-electron chi connectivity index (χ1n) is 7.79. The Bertz CT molecular complexity index is 750. The van der Waals surface area contributed by atoms with Gasteiger partial charge >= 0.3 is 6.18 Å². The van der Waals surface area contributed by atoms with Gasteiger partial charge in [0, 0.05) is 10.9 Å². The molecule has 0 spiro atoms. The van der Waals surface area contributed by atoms with Crippen molar-refractivity contribution in [3.05, 3.63) is 40.9 Å². The van der Waals surface area contributed by atoms with Gasteiger partial charge < -0.3 is 4.74 Å². The molecule has 0 radical (unpaired) electrons. The quantitative estimate of drug-likeness (QED) is 0.649. The Kier molecular flexibility index (Phi) is 4.72. The lowest BCUT2D eigenvalue weighted by Crippen LogP contribution is -2.31. The van der Waals surface area contributed by atoms with Crippen molar-refractivity contribution in [2.24, 2.45) is 5.92 Å². The van der Waals surface area contributed by atoms with Crippen molar-refractivity contribution in [3.8, 4) is 5.75 Å². The van der Waals surface area contributed by atoms with Gasteiger partial charge in [-0.05, 0) is 43.2 Å². The Hall–Kier alpha value is -1.75. The molecule has 1 saturated carbocycles. The highest BCUT2D eigenvalue weighted by molar-refractivity contribution is 6.37. The second-order valence-corrected chi connectivity index (χ2v) is 6.49. The van der Waals surface area contributed by atoms with Crippen molar-refractivity contribution in [1.29, 1.82) is 0 Å². The van der Waals surface area contributed by atoms with E-state index >= 15 is 0 Å². The Morgan fingerprint density at radius 3 is 2.38 bits per heavy atom. The third kappa shape index (κ3) is 3.51. The second-order valence-electron chi connectivity index (χ2n) is 6.11. The van der Waals surface area contributed by atoms with E-state index in [0.717, 1.165) is 11.7 Å². The number of alkyl halides is 3. The highest BCUT2D eigenvalue weighted by Crippen LogP contribution is 2.40. The SMILES string of the molecule is O=Cc1ccc2ccc(O[C@H]3CC[C@@H](C(F)(F)F)CC3)c(Cl)c2c1. The summed E-state index contributed by atoms with van der Waals surface area (Å²) >= 11 is 6.37. The van der Waals surface area contributed by atoms with E-state index in [2.05, 4.69) is 0 Å². The van der Waals surface area contributed by atoms with Gasteiger partial charge in [-0.25, -0.2) is 0 Å². The molecule has 24 heavy (non-hydrogen) atoms. The van der Waals surface area contributed by atoms with Crippen molar-refractivity contribution >= 4 is 28.7 Å². The average Bonchev–Trinajstić information content (AvgIpc) is 2.57. The number of halogens is 4. The zero-order valence-corrected chi connectivity index (χ0v) is 13.5. The van der Waals surface area contributed by atoms with Crippen LogP contribution < -0.4 is 4.74 Å². The van der Waals surface area contributed by atoms with Crippen molar-refractivity contribution in [2.75, 3.05) is 0 Å². The molecule has 1 fully saturated rings. The predicted octanol–water partition coefficient (Wildman–Crippen LogP) is 5.81. The van der Waals surface area contributed by atoms with Gasteiger partial charge in [0.25, 0.3) is 0 Å². The lowest BCUT2D eigenvalue weighted by Gasteiger charge is -2.30. The van der Waals surface area contributed by atoms with E-state index in [9.17, 15) is 18.0 Å². The van der Waals surface area contributed by atoms with Crippen LogP contribution in [0.4, 0.5) is 13.2 Å². The number of hydrogen-bond acceptors (Lipinski definition) is 2. The number of fused-ring (bicyclic) bond motifs is 1. The van der Waals surface area contributed by atoms with Crippen LogP contribution in [0.5, 0.6) is 5.75 Å². The van der Waals surface area contributed by atoms with Gasteiger partial charge in [0.2, 0.25) is 0 Å². The average molecular weight is 357 g/mol. The molecule has 3 rings (SSSR count). The maximum absolute atomic E-state index is 12.7. The van der Waals surface area contributed by atoms with Gasteiger partial charge in [0.1, 0.15) is 12.0 Å². The molecule has 0 saturated heterocycles. The standard InChI is InChI=1S/C18H16ClF3O2/c19-17-15-9-11(10-23)1-2-12(15)3-8-16(17)24-14-6-4-13(5-7-14)18(20,21)22/h1-3,8-10,13-14H,4-7H2/t13-,14+. The number of aldehydes is 1. The van der Waals surface area contributed by atoms with E-state index < -0.39 is 12.1 Å². The summed E-state index contributed by atoms with van der Waals surface area (Å²) in [4.78, 5) is 10.9. The molecule has 2 nitrogen and oxygen atoms in total. The summed E-state index contributed by atoms with van der Waals surface area (Å²) in [5.74, 6) is -0.790. The van der Waals surface area contributed by atoms with Crippen LogP contribution >= 0.6 is 11.6 Å². The zero-order chi connectivity index (χ0) is 17.3. The molecule has 0 bridgehead atoms. The third-order valence-corrected chi connectivity index (χ3v) is 4.90. The van der Waals surface area contributed by atoms with Gasteiger partial charge in [-0.1, -0.05) is 29.8 Å². The van der Waals surface area contributed by atoms with Crippen LogP contribution in [0.15, 0.2) is 30.3 Å². The summed E-state index contributed by atoms with van der Waals surface area (Å²) in [5.41, 5.74) is 0.507. The van der Waals surface area contributed by atoms with E-state index in [4.69, 9.17) is 16.3 Å². The highest BCUT2D eigenvalue weighted by Gasteiger charge is 2.41. The molecule has 0 N–H and O–H groups in total. The van der Waals surface area contributed by atoms with Crippen LogP contribution in [0.25, 0.3) is 10.8 Å². The molecular weight excluding hydrogens is 341 g/mol. The molecule has 2 aromatic carbocycles. The molecule has 0 aliphatic heterocycles. The van der Waals surface area contributed by atoms with Gasteiger partial charge in [0.15, 0.2) is 0 Å². The Morgan fingerprint density at radius 1 is 1.08 bits per heavy atom. The minimum absolute atomic E-state index is 0.0780. The highest BCUT2D eigenvalue weighted by atomic mass is 35.5. The van der Waals surface area contributed by atoms with Gasteiger partial charge in [-0.3, -0.25) is 4.79 Å². The molecule has 0 atom stereocenters. The maximum atomic E-state index is 12.7. The van der Waals surface area contributed by atoms with Crippen molar-refractivity contribution < 1.29 is 22.7 Å². The monoisotopic (exact) mass is 356 g/mol. The van der Waals surface area contributed by atoms with Crippen molar-refractivity contribution in [3.63, 3.8) is 0 Å². The number of ether oxygens (including phenoxy) is 1. The third-order valence-electron chi connectivity index (χ3n) is 4.51. The Morgan fingerprint density at radius 2 is 1.75 bits per heavy atom. The fourth-order valence-corrected chi connectivity index (χ4v) is 3.40. The van der Waals surface area contributed by atoms with Crippen LogP contribution in [-0.4, -0.2) is 18.6 Å². The molecule has 2 aromatic rings. The summed E-state index contributed by atoms with van der Waals surface area (Å²) in [5, 5.41) is 1.95. The first-order valence-corrected chi connectivity index (χ1v) is 8.17. The summed E-state index contributed by atoms with van der Waals surface area (Å²) in [6, 6.07) is 8.72. The molecule has 0 amide bonds. The molecule has 0 heterocycles. The van der Waals surface area contributed by atoms with E-state index in [0.29, 0.717) is 34.6 Å². The maximum Gasteiger partial charge on any atom is 0.391 e. The first-order chi connectivity index (χ1) is 11.4. The first kappa shape index (κ1) is 17.1. The van der Waals surface area contributed by atoms with E-state index in [1.165, 1.54) is 0 Å². The molecule has 0 aromatic heterocycles. The molecule has 1 aliphatic rings. The number of carbonyl (C=O) groups is 1. The van der Waals surface area contributed by atoms with Crippen LogP contribution in [0.2, 0.25) is 5.02 Å². The van der Waals surface area contributed by atoms with E-state index in [-0.39, 0.29) is 18.9 Å². The summed E-state index contributed by atoms with van der Waals surface area (Å²) in [7, 11) is 0. The van der Waals surface area contributed by atoms with E-state index in [1.54, 1.807) is 24.3 Å². The van der Waals surface area contributed by atoms with Crippen LogP contribution in [0.3, 0.4) is 0 Å². The molecular formula is C18H16ClF3O2. The smallest absolute Gasteiger partial charge is 0.391 e. The van der Waals surface area contributed by atoms with Crippen LogP contribution in [0, 0.1) is 5.92 Å². The summed E-state index contributed by atoms with van der Waals surface area (Å²) in [6.45, 7) is 0. The minimum atomic E-state index is -4.13. The second kappa shape index (κ2) is 6.63. The Balaban J connectivity index is 1.76. The van der Waals surface area contributed by atoms with Gasteiger partial charge in [-0.2, -0.15) is 13.2 Å². The topological polar surface area (TPSA) is 26.3 Å². The lowest BCUT2D eigenvalue weighted by molar-refractivity contribution is -0.185. The molecule has 6 heteroatoms. The number of benzene rings is 2. The number of hydrogen-bond donors (Lipinski definition) is 0. The fraction of sp³-hybridized carbons (Fsp3) is 0.389. The Labute approximate surface area is 142 Å². The van der Waals surface area contributed by atoms with Gasteiger partial charge in [-0.15, -0.1) is 0 Å². The van der Waals surface area contributed by atoms with Crippen molar-refractivity contribution in [2.45, 2.75) is 38.0 Å². The lowest BCUT2D eigenvalue weighted by atomic mass is 9.87. The number of carbonyl (C=O) groups excluding carboxylic acids is 1. The largest absolute Gasteiger partial charge is 0.489 e. The van der Waals surface area contributed by atoms with Crippen molar-refractivity contribution in [1.82, 2.24) is 0 Å². The normalized spacial score (nSPS) is 21.7. The fourth-order valence-electron chi connectivity index (χ4n) is 3.13. The molecule has 1 aliphatic carbocycles. The summed E-state index contributed by atoms with van der Waals surface area (Å²) in [6.07, 6.45) is -2.80. The van der Waals surface area contributed by atoms with E-state index in [1.807, 2.05) is 6.07 Å². The molecule has 128 valence electrons. The van der Waals surface area contributed by atoms with Crippen LogP contribution in [0.1, 0.15) is 36.0 Å². The minimum Gasteiger partial charge on any atom is -0.489 e. The predicted molar refractivity (Wildman–Crippen MR) is 86.8 cm³/mol. The summed E-state index contributed by atoms with van der Waals surface area (Å²) < 4.78 is 44.0. The zero-order valence-electron chi connectivity index (χ0n) is 12.8. The number of rotatable bonds is 3. The van der Waals surface area contributed by atoms with Gasteiger partial charge in [0.05, 0.1) is 17.0 Å². The van der Waals surface area contributed by atoms with Crippen LogP contribution in [-0.2, 0) is 0 Å².